The molecule has 1 heterocycles. The molecule has 1 fully saturated rings. The number of ether oxygens (including phenoxy) is 1. The zero-order valence-electron chi connectivity index (χ0n) is 10.5. The first kappa shape index (κ1) is 12.0. The zero-order chi connectivity index (χ0) is 12.3. The maximum Gasteiger partial charge on any atom is 0.223 e. The van der Waals surface area contributed by atoms with Crippen LogP contribution in [0.1, 0.15) is 38.7 Å². The van der Waals surface area contributed by atoms with Crippen LogP contribution in [-0.4, -0.2) is 12.5 Å². The van der Waals surface area contributed by atoms with Gasteiger partial charge in [-0.3, -0.25) is 4.79 Å². The van der Waals surface area contributed by atoms with Gasteiger partial charge in [0.1, 0.15) is 5.75 Å². The predicted molar refractivity (Wildman–Crippen MR) is 67.0 cm³/mol. The number of hydrogen-bond acceptors (Lipinski definition) is 2. The highest BCUT2D eigenvalue weighted by Crippen LogP contribution is 2.32. The highest BCUT2D eigenvalue weighted by atomic mass is 16.5. The molecule has 0 unspecified atom stereocenters. The number of rotatable bonds is 5. The third-order valence-electron chi connectivity index (χ3n) is 3.19. The molecular weight excluding hydrogens is 214 g/mol. The molecule has 1 aliphatic rings. The number of unbranched alkanes of at least 4 members (excludes halogenated alkanes) is 1. The molecule has 3 heteroatoms. The van der Waals surface area contributed by atoms with Gasteiger partial charge in [-0.25, -0.2) is 0 Å². The molecule has 1 amide bonds. The van der Waals surface area contributed by atoms with Crippen molar-refractivity contribution in [3.05, 3.63) is 29.8 Å². The monoisotopic (exact) mass is 233 g/mol. The van der Waals surface area contributed by atoms with Gasteiger partial charge in [-0.15, -0.1) is 0 Å². The van der Waals surface area contributed by atoms with Crippen LogP contribution in [-0.2, 0) is 10.3 Å². The van der Waals surface area contributed by atoms with Gasteiger partial charge in [-0.1, -0.05) is 25.5 Å². The number of carbonyl (C=O) groups is 1. The fourth-order valence-corrected chi connectivity index (χ4v) is 2.04. The fraction of sp³-hybridized carbons (Fsp3) is 0.500. The summed E-state index contributed by atoms with van der Waals surface area (Å²) in [6.07, 6.45) is 2.79. The normalized spacial score (nSPS) is 22.8. The summed E-state index contributed by atoms with van der Waals surface area (Å²) in [5.74, 6) is 1.02. The van der Waals surface area contributed by atoms with Crippen LogP contribution >= 0.6 is 0 Å². The Hall–Kier alpha value is -1.51. The summed E-state index contributed by atoms with van der Waals surface area (Å²) in [6.45, 7) is 4.96. The molecule has 2 rings (SSSR count). The lowest BCUT2D eigenvalue weighted by atomic mass is 9.82. The average molecular weight is 233 g/mol. The first-order valence-electron chi connectivity index (χ1n) is 6.18. The van der Waals surface area contributed by atoms with Crippen molar-refractivity contribution in [2.75, 3.05) is 6.61 Å². The summed E-state index contributed by atoms with van der Waals surface area (Å²) in [4.78, 5) is 11.0. The Bertz CT molecular complexity index is 389. The predicted octanol–water partition coefficient (Wildman–Crippen LogP) is 2.60. The van der Waals surface area contributed by atoms with E-state index in [0.717, 1.165) is 30.8 Å². The van der Waals surface area contributed by atoms with Gasteiger partial charge >= 0.3 is 0 Å². The second kappa shape index (κ2) is 4.78. The van der Waals surface area contributed by atoms with Crippen molar-refractivity contribution in [1.82, 2.24) is 5.32 Å². The van der Waals surface area contributed by atoms with Crippen molar-refractivity contribution in [3.63, 3.8) is 0 Å². The van der Waals surface area contributed by atoms with Gasteiger partial charge in [0.25, 0.3) is 0 Å². The lowest BCUT2D eigenvalue weighted by molar-refractivity contribution is -0.132. The van der Waals surface area contributed by atoms with Crippen molar-refractivity contribution >= 4 is 5.91 Å². The van der Waals surface area contributed by atoms with E-state index in [9.17, 15) is 4.79 Å². The first-order chi connectivity index (χ1) is 8.14. The maximum atomic E-state index is 11.0. The summed E-state index contributed by atoms with van der Waals surface area (Å²) in [6, 6.07) is 8.00. The summed E-state index contributed by atoms with van der Waals surface area (Å²) >= 11 is 0. The van der Waals surface area contributed by atoms with E-state index in [1.54, 1.807) is 0 Å². The fourth-order valence-electron chi connectivity index (χ4n) is 2.04. The summed E-state index contributed by atoms with van der Waals surface area (Å²) in [5, 5.41) is 2.93. The van der Waals surface area contributed by atoms with Gasteiger partial charge in [-0.2, -0.15) is 0 Å². The van der Waals surface area contributed by atoms with E-state index in [0.29, 0.717) is 6.42 Å². The molecule has 17 heavy (non-hydrogen) atoms. The Morgan fingerprint density at radius 3 is 2.53 bits per heavy atom. The molecular formula is C14H19NO2. The molecule has 1 aromatic rings. The second-order valence-electron chi connectivity index (χ2n) is 4.78. The Morgan fingerprint density at radius 2 is 2.00 bits per heavy atom. The minimum absolute atomic E-state index is 0.121. The summed E-state index contributed by atoms with van der Waals surface area (Å²) < 4.78 is 5.60. The minimum Gasteiger partial charge on any atom is -0.494 e. The van der Waals surface area contributed by atoms with Gasteiger partial charge < -0.3 is 10.1 Å². The molecule has 0 bridgehead atoms. The van der Waals surface area contributed by atoms with Crippen LogP contribution in [0.5, 0.6) is 5.75 Å². The number of benzene rings is 1. The van der Waals surface area contributed by atoms with Crippen molar-refractivity contribution in [2.24, 2.45) is 0 Å². The maximum absolute atomic E-state index is 11.0. The number of nitrogens with one attached hydrogen (secondary N) is 1. The average Bonchev–Trinajstić information content (AvgIpc) is 2.28. The van der Waals surface area contributed by atoms with E-state index in [1.807, 2.05) is 31.2 Å². The largest absolute Gasteiger partial charge is 0.494 e. The van der Waals surface area contributed by atoms with E-state index in [1.165, 1.54) is 0 Å². The molecule has 0 spiro atoms. The lowest BCUT2D eigenvalue weighted by Gasteiger charge is -2.39. The molecule has 0 radical (unpaired) electrons. The number of hydrogen-bond donors (Lipinski definition) is 1. The standard InChI is InChI=1S/C14H19NO2/c1-3-4-9-17-12-7-5-11(6-8-12)14(2)10-13(16)15-14/h5-8H,3-4,9-10H2,1-2H3,(H,15,16)/t14-/m1/s1. The molecule has 0 saturated carbocycles. The molecule has 92 valence electrons. The SMILES string of the molecule is CCCCOc1ccc([C@@]2(C)CC(=O)N2)cc1. The zero-order valence-corrected chi connectivity index (χ0v) is 10.5. The molecule has 1 saturated heterocycles. The highest BCUT2D eigenvalue weighted by molar-refractivity contribution is 5.85. The molecule has 1 aliphatic heterocycles. The van der Waals surface area contributed by atoms with Crippen LogP contribution in [0.2, 0.25) is 0 Å². The quantitative estimate of drug-likeness (QED) is 0.627. The Balaban J connectivity index is 1.96. The summed E-state index contributed by atoms with van der Waals surface area (Å²) in [5.41, 5.74) is 0.957. The third-order valence-corrected chi connectivity index (χ3v) is 3.19. The Labute approximate surface area is 102 Å². The van der Waals surface area contributed by atoms with E-state index in [-0.39, 0.29) is 11.4 Å². The molecule has 3 nitrogen and oxygen atoms in total. The van der Waals surface area contributed by atoms with Gasteiger partial charge in [0.2, 0.25) is 5.91 Å². The van der Waals surface area contributed by atoms with Crippen molar-refractivity contribution in [1.29, 1.82) is 0 Å². The van der Waals surface area contributed by atoms with E-state index in [2.05, 4.69) is 12.2 Å². The first-order valence-corrected chi connectivity index (χ1v) is 6.18. The van der Waals surface area contributed by atoms with E-state index < -0.39 is 0 Å². The second-order valence-corrected chi connectivity index (χ2v) is 4.78. The van der Waals surface area contributed by atoms with Gasteiger partial charge in [-0.05, 0) is 31.0 Å². The number of β-lactam (4-membered cyclic amide) rings is 1. The van der Waals surface area contributed by atoms with E-state index >= 15 is 0 Å². The third kappa shape index (κ3) is 2.60. The molecule has 1 N–H and O–H groups in total. The Morgan fingerprint density at radius 1 is 1.35 bits per heavy atom. The Kier molecular flexibility index (Phi) is 3.36. The lowest BCUT2D eigenvalue weighted by Crippen LogP contribution is -2.56. The van der Waals surface area contributed by atoms with Crippen LogP contribution < -0.4 is 10.1 Å². The van der Waals surface area contributed by atoms with Crippen LogP contribution in [0.4, 0.5) is 0 Å². The smallest absolute Gasteiger partial charge is 0.223 e. The van der Waals surface area contributed by atoms with Crippen molar-refractivity contribution in [3.8, 4) is 5.75 Å². The van der Waals surface area contributed by atoms with Crippen LogP contribution in [0.3, 0.4) is 0 Å². The van der Waals surface area contributed by atoms with Crippen LogP contribution in [0.25, 0.3) is 0 Å². The van der Waals surface area contributed by atoms with Crippen molar-refractivity contribution < 1.29 is 9.53 Å². The molecule has 0 aliphatic carbocycles. The van der Waals surface area contributed by atoms with Gasteiger partial charge in [0.15, 0.2) is 0 Å². The number of amides is 1. The highest BCUT2D eigenvalue weighted by Gasteiger charge is 2.39. The van der Waals surface area contributed by atoms with E-state index in [4.69, 9.17) is 4.74 Å². The van der Waals surface area contributed by atoms with Crippen LogP contribution in [0.15, 0.2) is 24.3 Å². The number of carbonyl (C=O) groups excluding carboxylic acids is 1. The van der Waals surface area contributed by atoms with Crippen molar-refractivity contribution in [2.45, 2.75) is 38.6 Å². The minimum atomic E-state index is -0.182. The topological polar surface area (TPSA) is 38.3 Å². The molecule has 0 aromatic heterocycles. The van der Waals surface area contributed by atoms with Gasteiger partial charge in [0, 0.05) is 0 Å². The van der Waals surface area contributed by atoms with Crippen LogP contribution in [0, 0.1) is 0 Å². The summed E-state index contributed by atoms with van der Waals surface area (Å²) in [7, 11) is 0. The molecule has 1 aromatic carbocycles. The van der Waals surface area contributed by atoms with Gasteiger partial charge in [0.05, 0.1) is 18.6 Å². The molecule has 1 atom stereocenters.